The Morgan fingerprint density at radius 2 is 2.38 bits per heavy atom. The summed E-state index contributed by atoms with van der Waals surface area (Å²) in [4.78, 5) is 3.84. The van der Waals surface area contributed by atoms with E-state index in [0.29, 0.717) is 0 Å². The monoisotopic (exact) mass is 238 g/mol. The summed E-state index contributed by atoms with van der Waals surface area (Å²) in [7, 11) is 2.20. The zero-order valence-corrected chi connectivity index (χ0v) is 11.1. The summed E-state index contributed by atoms with van der Waals surface area (Å²) < 4.78 is 0. The van der Waals surface area contributed by atoms with E-state index in [2.05, 4.69) is 41.7 Å². The maximum absolute atomic E-state index is 3.62. The fraction of sp³-hybridized carbons (Fsp3) is 0.692. The molecule has 1 atom stereocenters. The SMILES string of the molecule is CC(NCCN(C)Cc1cccs1)C1CC1. The summed E-state index contributed by atoms with van der Waals surface area (Å²) in [5, 5.41) is 5.77. The van der Waals surface area contributed by atoms with Gasteiger partial charge in [-0.25, -0.2) is 0 Å². The third-order valence-corrected chi connectivity index (χ3v) is 4.16. The molecule has 2 nitrogen and oxygen atoms in total. The molecule has 1 unspecified atom stereocenters. The van der Waals surface area contributed by atoms with Gasteiger partial charge in [0.25, 0.3) is 0 Å². The third kappa shape index (κ3) is 3.89. The van der Waals surface area contributed by atoms with Crippen molar-refractivity contribution in [1.82, 2.24) is 10.2 Å². The Bertz CT molecular complexity index is 293. The van der Waals surface area contributed by atoms with Gasteiger partial charge in [0.05, 0.1) is 0 Å². The van der Waals surface area contributed by atoms with Crippen molar-refractivity contribution in [2.45, 2.75) is 32.4 Å². The maximum atomic E-state index is 3.62. The lowest BCUT2D eigenvalue weighted by atomic mass is 10.2. The predicted molar refractivity (Wildman–Crippen MR) is 70.8 cm³/mol. The van der Waals surface area contributed by atoms with Crippen molar-refractivity contribution in [2.75, 3.05) is 20.1 Å². The van der Waals surface area contributed by atoms with Gasteiger partial charge < -0.3 is 10.2 Å². The van der Waals surface area contributed by atoms with Crippen LogP contribution in [-0.2, 0) is 6.54 Å². The van der Waals surface area contributed by atoms with Crippen LogP contribution in [0.25, 0.3) is 0 Å². The highest BCUT2D eigenvalue weighted by Gasteiger charge is 2.27. The Morgan fingerprint density at radius 1 is 1.56 bits per heavy atom. The third-order valence-electron chi connectivity index (χ3n) is 3.29. The summed E-state index contributed by atoms with van der Waals surface area (Å²) in [6.45, 7) is 5.64. The van der Waals surface area contributed by atoms with Gasteiger partial charge in [-0.15, -0.1) is 11.3 Å². The van der Waals surface area contributed by atoms with Crippen molar-refractivity contribution >= 4 is 11.3 Å². The lowest BCUT2D eigenvalue weighted by molar-refractivity contribution is 0.317. The van der Waals surface area contributed by atoms with E-state index in [1.807, 2.05) is 11.3 Å². The second kappa shape index (κ2) is 5.80. The van der Waals surface area contributed by atoms with E-state index in [1.54, 1.807) is 0 Å². The lowest BCUT2D eigenvalue weighted by Gasteiger charge is -2.18. The number of nitrogens with zero attached hydrogens (tertiary/aromatic N) is 1. The Balaban J connectivity index is 1.58. The molecule has 16 heavy (non-hydrogen) atoms. The quantitative estimate of drug-likeness (QED) is 0.785. The van der Waals surface area contributed by atoms with Crippen LogP contribution in [0.2, 0.25) is 0 Å². The Morgan fingerprint density at radius 3 is 3.00 bits per heavy atom. The fourth-order valence-corrected chi connectivity index (χ4v) is 2.78. The number of hydrogen-bond donors (Lipinski definition) is 1. The van der Waals surface area contributed by atoms with Crippen molar-refractivity contribution in [2.24, 2.45) is 5.92 Å². The van der Waals surface area contributed by atoms with Crippen LogP contribution >= 0.6 is 11.3 Å². The number of nitrogens with one attached hydrogen (secondary N) is 1. The second-order valence-corrected chi connectivity index (χ2v) is 5.93. The van der Waals surface area contributed by atoms with Gasteiger partial charge in [-0.3, -0.25) is 0 Å². The molecule has 1 fully saturated rings. The first-order chi connectivity index (χ1) is 7.75. The van der Waals surface area contributed by atoms with E-state index in [0.717, 1.165) is 31.6 Å². The molecular formula is C13H22N2S. The molecule has 0 aliphatic heterocycles. The highest BCUT2D eigenvalue weighted by Crippen LogP contribution is 2.32. The largest absolute Gasteiger partial charge is 0.313 e. The molecular weight excluding hydrogens is 216 g/mol. The Hall–Kier alpha value is -0.380. The molecule has 0 bridgehead atoms. The topological polar surface area (TPSA) is 15.3 Å². The Kier molecular flexibility index (Phi) is 4.38. The summed E-state index contributed by atoms with van der Waals surface area (Å²) >= 11 is 1.84. The highest BCUT2D eigenvalue weighted by atomic mass is 32.1. The van der Waals surface area contributed by atoms with E-state index < -0.39 is 0 Å². The smallest absolute Gasteiger partial charge is 0.0325 e. The van der Waals surface area contributed by atoms with Crippen LogP contribution in [0.1, 0.15) is 24.6 Å². The van der Waals surface area contributed by atoms with Crippen LogP contribution in [0.5, 0.6) is 0 Å². The lowest BCUT2D eigenvalue weighted by Crippen LogP contribution is -2.35. The van der Waals surface area contributed by atoms with Crippen LogP contribution in [0.3, 0.4) is 0 Å². The molecule has 1 aliphatic carbocycles. The first kappa shape index (κ1) is 12.1. The minimum absolute atomic E-state index is 0.718. The average molecular weight is 238 g/mol. The molecule has 0 amide bonds. The number of likely N-dealkylation sites (N-methyl/N-ethyl adjacent to an activating group) is 1. The minimum Gasteiger partial charge on any atom is -0.313 e. The summed E-state index contributed by atoms with van der Waals surface area (Å²) in [5.74, 6) is 0.961. The minimum atomic E-state index is 0.718. The zero-order valence-electron chi connectivity index (χ0n) is 10.3. The van der Waals surface area contributed by atoms with Crippen LogP contribution in [0.4, 0.5) is 0 Å². The average Bonchev–Trinajstić information content (AvgIpc) is 2.99. The molecule has 0 aromatic carbocycles. The van der Waals surface area contributed by atoms with Crippen molar-refractivity contribution in [3.63, 3.8) is 0 Å². The van der Waals surface area contributed by atoms with Gasteiger partial charge in [-0.05, 0) is 44.2 Å². The first-order valence-electron chi connectivity index (χ1n) is 6.20. The van der Waals surface area contributed by atoms with Crippen LogP contribution in [0.15, 0.2) is 17.5 Å². The maximum Gasteiger partial charge on any atom is 0.0325 e. The number of thiophene rings is 1. The first-order valence-corrected chi connectivity index (χ1v) is 7.08. The molecule has 1 aromatic heterocycles. The highest BCUT2D eigenvalue weighted by molar-refractivity contribution is 7.09. The van der Waals surface area contributed by atoms with Gasteiger partial charge in [0.15, 0.2) is 0 Å². The van der Waals surface area contributed by atoms with Gasteiger partial charge in [0.2, 0.25) is 0 Å². The molecule has 1 N–H and O–H groups in total. The molecule has 0 spiro atoms. The van der Waals surface area contributed by atoms with Crippen molar-refractivity contribution in [3.05, 3.63) is 22.4 Å². The number of hydrogen-bond acceptors (Lipinski definition) is 3. The van der Waals surface area contributed by atoms with E-state index in [-0.39, 0.29) is 0 Å². The summed E-state index contributed by atoms with van der Waals surface area (Å²) in [6, 6.07) is 5.05. The van der Waals surface area contributed by atoms with Gasteiger partial charge in [0, 0.05) is 30.6 Å². The molecule has 1 saturated carbocycles. The predicted octanol–water partition coefficient (Wildman–Crippen LogP) is 2.57. The van der Waals surface area contributed by atoms with E-state index >= 15 is 0 Å². The van der Waals surface area contributed by atoms with Gasteiger partial charge >= 0.3 is 0 Å². The zero-order chi connectivity index (χ0) is 11.4. The standard InChI is InChI=1S/C13H22N2S/c1-11(12-5-6-12)14-7-8-15(2)10-13-4-3-9-16-13/h3-4,9,11-12,14H,5-8,10H2,1-2H3. The molecule has 2 rings (SSSR count). The van der Waals surface area contributed by atoms with Crippen LogP contribution in [-0.4, -0.2) is 31.1 Å². The van der Waals surface area contributed by atoms with Crippen molar-refractivity contribution in [3.8, 4) is 0 Å². The van der Waals surface area contributed by atoms with Crippen molar-refractivity contribution < 1.29 is 0 Å². The molecule has 0 radical (unpaired) electrons. The van der Waals surface area contributed by atoms with Gasteiger partial charge in [-0.1, -0.05) is 6.07 Å². The fourth-order valence-electron chi connectivity index (χ4n) is 1.99. The van der Waals surface area contributed by atoms with Crippen LogP contribution in [0, 0.1) is 5.92 Å². The second-order valence-electron chi connectivity index (χ2n) is 4.90. The molecule has 1 aromatic rings. The van der Waals surface area contributed by atoms with E-state index in [1.165, 1.54) is 17.7 Å². The van der Waals surface area contributed by atoms with Crippen molar-refractivity contribution in [1.29, 1.82) is 0 Å². The Labute approximate surface area is 103 Å². The summed E-state index contributed by atoms with van der Waals surface area (Å²) in [6.07, 6.45) is 2.86. The normalized spacial score (nSPS) is 17.9. The molecule has 1 heterocycles. The van der Waals surface area contributed by atoms with E-state index in [9.17, 15) is 0 Å². The molecule has 3 heteroatoms. The van der Waals surface area contributed by atoms with Crippen LogP contribution < -0.4 is 5.32 Å². The van der Waals surface area contributed by atoms with Gasteiger partial charge in [0.1, 0.15) is 0 Å². The van der Waals surface area contributed by atoms with Gasteiger partial charge in [-0.2, -0.15) is 0 Å². The summed E-state index contributed by atoms with van der Waals surface area (Å²) in [5.41, 5.74) is 0. The molecule has 90 valence electrons. The number of rotatable bonds is 7. The molecule has 1 aliphatic rings. The van der Waals surface area contributed by atoms with E-state index in [4.69, 9.17) is 0 Å². The molecule has 0 saturated heterocycles.